The molecule has 0 unspecified atom stereocenters. The first-order valence-electron chi connectivity index (χ1n) is 7.43. The summed E-state index contributed by atoms with van der Waals surface area (Å²) in [5.74, 6) is 3.15. The lowest BCUT2D eigenvalue weighted by Crippen LogP contribution is -2.01. The van der Waals surface area contributed by atoms with E-state index < -0.39 is 0 Å². The van der Waals surface area contributed by atoms with Crippen molar-refractivity contribution in [1.82, 2.24) is 10.1 Å². The number of rotatable bonds is 5. The molecule has 0 amide bonds. The molecule has 7 heteroatoms. The second kappa shape index (κ2) is 6.11. The van der Waals surface area contributed by atoms with Gasteiger partial charge in [0, 0.05) is 5.56 Å². The molecule has 0 aliphatic carbocycles. The standard InChI is InChI=1S/C17H15N3O4/c1-21-13-5-3-2-4-12(13)18-9-16-19-17(20-24-16)11-6-7-14-15(8-11)23-10-22-14/h2-8,18H,9-10H2,1H3. The molecule has 1 aliphatic heterocycles. The molecule has 0 spiro atoms. The molecule has 122 valence electrons. The molecule has 0 bridgehead atoms. The summed E-state index contributed by atoms with van der Waals surface area (Å²) in [6, 6.07) is 13.2. The highest BCUT2D eigenvalue weighted by molar-refractivity contribution is 5.61. The fourth-order valence-corrected chi connectivity index (χ4v) is 2.44. The Labute approximate surface area is 138 Å². The molecule has 2 aromatic carbocycles. The number of hydrogen-bond acceptors (Lipinski definition) is 7. The smallest absolute Gasteiger partial charge is 0.246 e. The molecule has 1 N–H and O–H groups in total. The average molecular weight is 325 g/mol. The lowest BCUT2D eigenvalue weighted by molar-refractivity contribution is 0.174. The van der Waals surface area contributed by atoms with Crippen molar-refractivity contribution in [3.63, 3.8) is 0 Å². The van der Waals surface area contributed by atoms with Crippen LogP contribution >= 0.6 is 0 Å². The third-order valence-electron chi connectivity index (χ3n) is 3.64. The molecule has 0 saturated carbocycles. The third-order valence-corrected chi connectivity index (χ3v) is 3.64. The van der Waals surface area contributed by atoms with Crippen LogP contribution in [0.15, 0.2) is 47.0 Å². The van der Waals surface area contributed by atoms with Crippen molar-refractivity contribution in [2.45, 2.75) is 6.54 Å². The summed E-state index contributed by atoms with van der Waals surface area (Å²) in [6.07, 6.45) is 0. The second-order valence-electron chi connectivity index (χ2n) is 5.13. The van der Waals surface area contributed by atoms with Crippen molar-refractivity contribution in [3.8, 4) is 28.6 Å². The first-order valence-corrected chi connectivity index (χ1v) is 7.43. The second-order valence-corrected chi connectivity index (χ2v) is 5.13. The molecule has 0 fully saturated rings. The summed E-state index contributed by atoms with van der Waals surface area (Å²) < 4.78 is 21.3. The summed E-state index contributed by atoms with van der Waals surface area (Å²) in [5, 5.41) is 7.23. The highest BCUT2D eigenvalue weighted by Gasteiger charge is 2.16. The van der Waals surface area contributed by atoms with Gasteiger partial charge in [-0.05, 0) is 30.3 Å². The molecule has 1 aromatic heterocycles. The Morgan fingerprint density at radius 3 is 2.92 bits per heavy atom. The normalized spacial score (nSPS) is 12.2. The van der Waals surface area contributed by atoms with Crippen LogP contribution in [0.25, 0.3) is 11.4 Å². The van der Waals surface area contributed by atoms with Crippen LogP contribution in [0.5, 0.6) is 17.2 Å². The van der Waals surface area contributed by atoms with Crippen LogP contribution in [0.1, 0.15) is 5.89 Å². The number of para-hydroxylation sites is 2. The molecule has 3 aromatic rings. The number of methoxy groups -OCH3 is 1. The van der Waals surface area contributed by atoms with Crippen molar-refractivity contribution < 1.29 is 18.7 Å². The van der Waals surface area contributed by atoms with E-state index in [0.29, 0.717) is 24.0 Å². The SMILES string of the molecule is COc1ccccc1NCc1nc(-c2ccc3c(c2)OCO3)no1. The minimum atomic E-state index is 0.235. The van der Waals surface area contributed by atoms with E-state index in [-0.39, 0.29) is 6.79 Å². The molecule has 24 heavy (non-hydrogen) atoms. The number of anilines is 1. The zero-order valence-corrected chi connectivity index (χ0v) is 13.0. The van der Waals surface area contributed by atoms with Crippen LogP contribution in [0.2, 0.25) is 0 Å². The van der Waals surface area contributed by atoms with Gasteiger partial charge in [-0.25, -0.2) is 0 Å². The number of benzene rings is 2. The first-order chi connectivity index (χ1) is 11.8. The monoisotopic (exact) mass is 325 g/mol. The molecule has 7 nitrogen and oxygen atoms in total. The molecule has 0 atom stereocenters. The Kier molecular flexibility index (Phi) is 3.66. The van der Waals surface area contributed by atoms with Crippen LogP contribution in [0.4, 0.5) is 5.69 Å². The van der Waals surface area contributed by atoms with E-state index in [2.05, 4.69) is 15.5 Å². The highest BCUT2D eigenvalue weighted by atomic mass is 16.7. The van der Waals surface area contributed by atoms with Crippen molar-refractivity contribution in [3.05, 3.63) is 48.4 Å². The molecule has 4 rings (SSSR count). The van der Waals surface area contributed by atoms with Crippen molar-refractivity contribution >= 4 is 5.69 Å². The van der Waals surface area contributed by atoms with Crippen LogP contribution in [0.3, 0.4) is 0 Å². The van der Waals surface area contributed by atoms with Gasteiger partial charge in [0.1, 0.15) is 5.75 Å². The number of aromatic nitrogens is 2. The van der Waals surface area contributed by atoms with Gasteiger partial charge in [-0.2, -0.15) is 4.98 Å². The van der Waals surface area contributed by atoms with E-state index in [1.807, 2.05) is 42.5 Å². The minimum Gasteiger partial charge on any atom is -0.495 e. The summed E-state index contributed by atoms with van der Waals surface area (Å²) in [6.45, 7) is 0.636. The van der Waals surface area contributed by atoms with Crippen LogP contribution in [-0.4, -0.2) is 24.0 Å². The van der Waals surface area contributed by atoms with Gasteiger partial charge in [0.25, 0.3) is 0 Å². The number of hydrogen-bond donors (Lipinski definition) is 1. The minimum absolute atomic E-state index is 0.235. The van der Waals surface area contributed by atoms with E-state index in [1.54, 1.807) is 7.11 Å². The van der Waals surface area contributed by atoms with E-state index in [1.165, 1.54) is 0 Å². The zero-order valence-electron chi connectivity index (χ0n) is 13.0. The predicted molar refractivity (Wildman–Crippen MR) is 86.2 cm³/mol. The van der Waals surface area contributed by atoms with Gasteiger partial charge >= 0.3 is 0 Å². The lowest BCUT2D eigenvalue weighted by atomic mass is 10.2. The van der Waals surface area contributed by atoms with E-state index in [9.17, 15) is 0 Å². The summed E-state index contributed by atoms with van der Waals surface area (Å²) >= 11 is 0. The molecule has 2 heterocycles. The zero-order chi connectivity index (χ0) is 16.4. The lowest BCUT2D eigenvalue weighted by Gasteiger charge is -2.08. The molecular weight excluding hydrogens is 310 g/mol. The number of nitrogens with one attached hydrogen (secondary N) is 1. The maximum Gasteiger partial charge on any atom is 0.246 e. The molecular formula is C17H15N3O4. The first kappa shape index (κ1) is 14.4. The van der Waals surface area contributed by atoms with E-state index >= 15 is 0 Å². The molecule has 1 aliphatic rings. The van der Waals surface area contributed by atoms with Gasteiger partial charge in [0.2, 0.25) is 18.5 Å². The van der Waals surface area contributed by atoms with Crippen molar-refractivity contribution in [2.24, 2.45) is 0 Å². The van der Waals surface area contributed by atoms with Crippen LogP contribution in [-0.2, 0) is 6.54 Å². The Balaban J connectivity index is 1.49. The van der Waals surface area contributed by atoms with Crippen LogP contribution < -0.4 is 19.5 Å². The van der Waals surface area contributed by atoms with Crippen LogP contribution in [0, 0.1) is 0 Å². The Hall–Kier alpha value is -3.22. The fourth-order valence-electron chi connectivity index (χ4n) is 2.44. The maximum absolute atomic E-state index is 5.36. The summed E-state index contributed by atoms with van der Waals surface area (Å²) in [5.41, 5.74) is 1.68. The number of nitrogens with zero attached hydrogens (tertiary/aromatic N) is 2. The van der Waals surface area contributed by atoms with Gasteiger partial charge in [-0.3, -0.25) is 0 Å². The Morgan fingerprint density at radius 1 is 1.12 bits per heavy atom. The summed E-state index contributed by atoms with van der Waals surface area (Å²) in [4.78, 5) is 4.40. The predicted octanol–water partition coefficient (Wildman–Crippen LogP) is 3.09. The molecule has 0 radical (unpaired) electrons. The van der Waals surface area contributed by atoms with Crippen molar-refractivity contribution in [2.75, 3.05) is 19.2 Å². The van der Waals surface area contributed by atoms with Gasteiger partial charge in [-0.1, -0.05) is 17.3 Å². The molecule has 0 saturated heterocycles. The van der Waals surface area contributed by atoms with Gasteiger partial charge in [-0.15, -0.1) is 0 Å². The van der Waals surface area contributed by atoms with Gasteiger partial charge < -0.3 is 24.1 Å². The summed E-state index contributed by atoms with van der Waals surface area (Å²) in [7, 11) is 1.63. The Bertz CT molecular complexity index is 863. The van der Waals surface area contributed by atoms with Gasteiger partial charge in [0.15, 0.2) is 11.5 Å². The Morgan fingerprint density at radius 2 is 2.00 bits per heavy atom. The fraction of sp³-hybridized carbons (Fsp3) is 0.176. The van der Waals surface area contributed by atoms with E-state index in [0.717, 1.165) is 22.7 Å². The van der Waals surface area contributed by atoms with Crippen molar-refractivity contribution in [1.29, 1.82) is 0 Å². The topological polar surface area (TPSA) is 78.6 Å². The van der Waals surface area contributed by atoms with E-state index in [4.69, 9.17) is 18.7 Å². The number of fused-ring (bicyclic) bond motifs is 1. The largest absolute Gasteiger partial charge is 0.495 e. The number of ether oxygens (including phenoxy) is 3. The quantitative estimate of drug-likeness (QED) is 0.772. The highest BCUT2D eigenvalue weighted by Crippen LogP contribution is 2.35. The average Bonchev–Trinajstić information content (AvgIpc) is 3.28. The third kappa shape index (κ3) is 2.71. The van der Waals surface area contributed by atoms with Gasteiger partial charge in [0.05, 0.1) is 19.3 Å². The maximum atomic E-state index is 5.36.